The first kappa shape index (κ1) is 14.6. The smallest absolute Gasteiger partial charge is 0.146 e. The summed E-state index contributed by atoms with van der Waals surface area (Å²) >= 11 is 0. The fraction of sp³-hybridized carbons (Fsp3) is 0.917. The van der Waals surface area contributed by atoms with Crippen LogP contribution < -0.4 is 5.32 Å². The normalized spacial score (nSPS) is 10.5. The van der Waals surface area contributed by atoms with Crippen LogP contribution in [0, 0.1) is 0 Å². The molecule has 90 valence electrons. The van der Waals surface area contributed by atoms with Gasteiger partial charge in [-0.15, -0.1) is 0 Å². The highest BCUT2D eigenvalue weighted by atomic mass is 16.5. The molecule has 0 unspecified atom stereocenters. The predicted molar refractivity (Wildman–Crippen MR) is 63.1 cm³/mol. The van der Waals surface area contributed by atoms with Crippen LogP contribution in [0.15, 0.2) is 0 Å². The summed E-state index contributed by atoms with van der Waals surface area (Å²) in [7, 11) is 1.66. The Bertz CT molecular complexity index is 149. The molecule has 0 rings (SSSR count). The molecular weight excluding hydrogens is 190 g/mol. The maximum Gasteiger partial charge on any atom is 0.146 e. The zero-order chi connectivity index (χ0) is 11.4. The number of unbranched alkanes of at least 4 members (excludes halogenated alkanes) is 4. The summed E-state index contributed by atoms with van der Waals surface area (Å²) < 4.78 is 4.88. The van der Waals surface area contributed by atoms with E-state index in [-0.39, 0.29) is 0 Å². The van der Waals surface area contributed by atoms with Gasteiger partial charge in [0, 0.05) is 20.1 Å². The maximum atomic E-state index is 11.3. The fourth-order valence-corrected chi connectivity index (χ4v) is 1.42. The van der Waals surface area contributed by atoms with Gasteiger partial charge in [0.05, 0.1) is 13.2 Å². The minimum absolute atomic E-state index is 0.322. The summed E-state index contributed by atoms with van der Waals surface area (Å²) in [5.41, 5.74) is 0. The van der Waals surface area contributed by atoms with Crippen LogP contribution in [0.1, 0.15) is 45.4 Å². The standard InChI is InChI=1S/C12H25NO2/c1-3-4-5-6-7-8-12(14)11-13-9-10-15-2/h13H,3-11H2,1-2H3. The lowest BCUT2D eigenvalue weighted by molar-refractivity contribution is -0.118. The summed E-state index contributed by atoms with van der Waals surface area (Å²) in [5, 5.41) is 3.06. The van der Waals surface area contributed by atoms with Gasteiger partial charge in [0.1, 0.15) is 5.78 Å². The van der Waals surface area contributed by atoms with Crippen LogP contribution >= 0.6 is 0 Å². The van der Waals surface area contributed by atoms with Gasteiger partial charge in [0.25, 0.3) is 0 Å². The molecule has 0 aliphatic rings. The Hall–Kier alpha value is -0.410. The second kappa shape index (κ2) is 11.7. The first-order valence-corrected chi connectivity index (χ1v) is 6.02. The Morgan fingerprint density at radius 1 is 1.20 bits per heavy atom. The molecule has 0 heterocycles. The quantitative estimate of drug-likeness (QED) is 0.537. The summed E-state index contributed by atoms with van der Waals surface area (Å²) in [4.78, 5) is 11.3. The van der Waals surface area contributed by atoms with Crippen LogP contribution in [0.2, 0.25) is 0 Å². The average Bonchev–Trinajstić information content (AvgIpc) is 2.24. The van der Waals surface area contributed by atoms with Crippen molar-refractivity contribution in [2.24, 2.45) is 0 Å². The number of carbonyl (C=O) groups excluding carboxylic acids is 1. The maximum absolute atomic E-state index is 11.3. The Morgan fingerprint density at radius 2 is 1.93 bits per heavy atom. The van der Waals surface area contributed by atoms with Crippen molar-refractivity contribution in [1.29, 1.82) is 0 Å². The molecule has 0 amide bonds. The molecule has 0 atom stereocenters. The van der Waals surface area contributed by atoms with E-state index in [1.165, 1.54) is 25.7 Å². The van der Waals surface area contributed by atoms with Crippen LogP contribution in [0.4, 0.5) is 0 Å². The van der Waals surface area contributed by atoms with Crippen LogP contribution in [0.5, 0.6) is 0 Å². The highest BCUT2D eigenvalue weighted by Gasteiger charge is 2.00. The van der Waals surface area contributed by atoms with E-state index in [4.69, 9.17) is 4.74 Å². The summed E-state index contributed by atoms with van der Waals surface area (Å²) in [5.74, 6) is 0.322. The molecule has 3 heteroatoms. The monoisotopic (exact) mass is 215 g/mol. The molecule has 0 saturated carbocycles. The molecule has 0 saturated heterocycles. The second-order valence-electron chi connectivity index (χ2n) is 3.87. The molecule has 0 aliphatic carbocycles. The van der Waals surface area contributed by atoms with Crippen molar-refractivity contribution in [3.05, 3.63) is 0 Å². The van der Waals surface area contributed by atoms with Crippen molar-refractivity contribution in [3.8, 4) is 0 Å². The molecule has 0 aliphatic heterocycles. The highest BCUT2D eigenvalue weighted by molar-refractivity contribution is 5.80. The second-order valence-corrected chi connectivity index (χ2v) is 3.87. The van der Waals surface area contributed by atoms with Crippen LogP contribution in [0.3, 0.4) is 0 Å². The number of hydrogen-bond acceptors (Lipinski definition) is 3. The minimum atomic E-state index is 0.322. The molecule has 0 aromatic rings. The van der Waals surface area contributed by atoms with E-state index in [0.29, 0.717) is 18.9 Å². The Morgan fingerprint density at radius 3 is 2.60 bits per heavy atom. The molecule has 0 radical (unpaired) electrons. The zero-order valence-electron chi connectivity index (χ0n) is 10.2. The molecule has 0 spiro atoms. The molecule has 15 heavy (non-hydrogen) atoms. The third-order valence-electron chi connectivity index (χ3n) is 2.36. The molecule has 3 nitrogen and oxygen atoms in total. The minimum Gasteiger partial charge on any atom is -0.383 e. The summed E-state index contributed by atoms with van der Waals surface area (Å²) in [6.45, 7) is 4.13. The van der Waals surface area contributed by atoms with Crippen LogP contribution in [-0.2, 0) is 9.53 Å². The van der Waals surface area contributed by atoms with E-state index in [2.05, 4.69) is 12.2 Å². The van der Waals surface area contributed by atoms with Crippen molar-refractivity contribution in [1.82, 2.24) is 5.32 Å². The number of ketones is 1. The molecule has 0 aromatic carbocycles. The number of methoxy groups -OCH3 is 1. The van der Waals surface area contributed by atoms with Gasteiger partial charge in [-0.1, -0.05) is 32.6 Å². The van der Waals surface area contributed by atoms with Gasteiger partial charge in [0.2, 0.25) is 0 Å². The molecule has 0 bridgehead atoms. The van der Waals surface area contributed by atoms with Crippen molar-refractivity contribution in [2.75, 3.05) is 26.8 Å². The van der Waals surface area contributed by atoms with Gasteiger partial charge in [0.15, 0.2) is 0 Å². The lowest BCUT2D eigenvalue weighted by Crippen LogP contribution is -2.26. The molecule has 0 aromatic heterocycles. The lowest BCUT2D eigenvalue weighted by atomic mass is 10.1. The van der Waals surface area contributed by atoms with E-state index < -0.39 is 0 Å². The average molecular weight is 215 g/mol. The van der Waals surface area contributed by atoms with Crippen LogP contribution in [-0.4, -0.2) is 32.6 Å². The SMILES string of the molecule is CCCCCCCC(=O)CNCCOC. The number of rotatable bonds is 11. The molecule has 0 fully saturated rings. The first-order valence-electron chi connectivity index (χ1n) is 6.02. The number of hydrogen-bond donors (Lipinski definition) is 1. The molecule has 1 N–H and O–H groups in total. The third-order valence-corrected chi connectivity index (χ3v) is 2.36. The van der Waals surface area contributed by atoms with Gasteiger partial charge in [-0.05, 0) is 6.42 Å². The van der Waals surface area contributed by atoms with E-state index in [1.807, 2.05) is 0 Å². The Kier molecular flexibility index (Phi) is 11.3. The topological polar surface area (TPSA) is 38.3 Å². The van der Waals surface area contributed by atoms with Gasteiger partial charge in [-0.25, -0.2) is 0 Å². The number of carbonyl (C=O) groups is 1. The largest absolute Gasteiger partial charge is 0.383 e. The predicted octanol–water partition coefficient (Wildman–Crippen LogP) is 2.15. The Labute approximate surface area is 93.6 Å². The van der Waals surface area contributed by atoms with E-state index >= 15 is 0 Å². The van der Waals surface area contributed by atoms with E-state index in [1.54, 1.807) is 7.11 Å². The first-order chi connectivity index (χ1) is 7.31. The lowest BCUT2D eigenvalue weighted by Gasteiger charge is -2.03. The summed E-state index contributed by atoms with van der Waals surface area (Å²) in [6.07, 6.45) is 6.78. The number of nitrogens with one attached hydrogen (secondary N) is 1. The van der Waals surface area contributed by atoms with Crippen molar-refractivity contribution in [2.45, 2.75) is 45.4 Å². The van der Waals surface area contributed by atoms with Gasteiger partial charge >= 0.3 is 0 Å². The fourth-order valence-electron chi connectivity index (χ4n) is 1.42. The summed E-state index contributed by atoms with van der Waals surface area (Å²) in [6, 6.07) is 0. The van der Waals surface area contributed by atoms with Crippen molar-refractivity contribution >= 4 is 5.78 Å². The van der Waals surface area contributed by atoms with Crippen molar-refractivity contribution < 1.29 is 9.53 Å². The zero-order valence-corrected chi connectivity index (χ0v) is 10.2. The Balaban J connectivity index is 3.11. The van der Waals surface area contributed by atoms with Gasteiger partial charge in [-0.3, -0.25) is 4.79 Å². The van der Waals surface area contributed by atoms with Crippen LogP contribution in [0.25, 0.3) is 0 Å². The van der Waals surface area contributed by atoms with Gasteiger partial charge in [-0.2, -0.15) is 0 Å². The third kappa shape index (κ3) is 11.5. The van der Waals surface area contributed by atoms with E-state index in [0.717, 1.165) is 19.4 Å². The van der Waals surface area contributed by atoms with Gasteiger partial charge < -0.3 is 10.1 Å². The number of Topliss-reactive ketones (excluding diaryl/α,β-unsaturated/α-hetero) is 1. The molecular formula is C12H25NO2. The van der Waals surface area contributed by atoms with Crippen molar-refractivity contribution in [3.63, 3.8) is 0 Å². The number of ether oxygens (including phenoxy) is 1. The highest BCUT2D eigenvalue weighted by Crippen LogP contribution is 2.04. The van der Waals surface area contributed by atoms with E-state index in [9.17, 15) is 4.79 Å².